The molecule has 0 spiro atoms. The molecule has 0 amide bonds. The van der Waals surface area contributed by atoms with Crippen molar-refractivity contribution in [1.82, 2.24) is 4.57 Å². The number of fused-ring (bicyclic) bond motifs is 2. The van der Waals surface area contributed by atoms with Crippen molar-refractivity contribution in [2.75, 3.05) is 0 Å². The fourth-order valence-corrected chi connectivity index (χ4v) is 3.15. The summed E-state index contributed by atoms with van der Waals surface area (Å²) in [4.78, 5) is 23.7. The van der Waals surface area contributed by atoms with E-state index in [2.05, 4.69) is 31.9 Å². The van der Waals surface area contributed by atoms with E-state index in [9.17, 15) is 14.7 Å². The van der Waals surface area contributed by atoms with Crippen molar-refractivity contribution in [2.45, 2.75) is 6.54 Å². The zero-order valence-corrected chi connectivity index (χ0v) is 13.8. The number of aromatic nitrogens is 1. The van der Waals surface area contributed by atoms with Gasteiger partial charge >= 0.3 is 0 Å². The molecule has 1 heterocycles. The molecule has 0 fully saturated rings. The van der Waals surface area contributed by atoms with Gasteiger partial charge in [-0.15, -0.1) is 0 Å². The molecular weight excluding hydrogens is 402 g/mol. The summed E-state index contributed by atoms with van der Waals surface area (Å²) in [6.07, 6.45) is 0. The first-order chi connectivity index (χ1) is 9.97. The molecule has 1 aromatic heterocycles. The minimum Gasteiger partial charge on any atom is -0.548 e. The molecule has 0 saturated heterocycles. The molecule has 4 nitrogen and oxygen atoms in total. The molecule has 0 N–H and O–H groups in total. The largest absolute Gasteiger partial charge is 0.548 e. The van der Waals surface area contributed by atoms with Gasteiger partial charge in [-0.1, -0.05) is 31.9 Å². The number of nitrogens with zero attached hydrogens (tertiary/aromatic N) is 1. The lowest BCUT2D eigenvalue weighted by Gasteiger charge is -2.16. The zero-order valence-electron chi connectivity index (χ0n) is 10.6. The molecule has 0 aliphatic rings. The first-order valence-corrected chi connectivity index (χ1v) is 7.67. The summed E-state index contributed by atoms with van der Waals surface area (Å²) in [5.41, 5.74) is 1.02. The molecule has 3 aromatic rings. The molecule has 21 heavy (non-hydrogen) atoms. The predicted molar refractivity (Wildman–Crippen MR) is 86.1 cm³/mol. The summed E-state index contributed by atoms with van der Waals surface area (Å²) in [5.74, 6) is -1.20. The molecule has 0 bridgehead atoms. The van der Waals surface area contributed by atoms with Crippen LogP contribution >= 0.6 is 31.9 Å². The van der Waals surface area contributed by atoms with Gasteiger partial charge in [-0.05, 0) is 36.4 Å². The molecule has 0 atom stereocenters. The van der Waals surface area contributed by atoms with Gasteiger partial charge in [-0.3, -0.25) is 4.79 Å². The van der Waals surface area contributed by atoms with Crippen LogP contribution in [0, 0.1) is 0 Å². The SMILES string of the molecule is O=C([O-])Cn1c2ccc(Br)cc2c(=O)c2cc(Br)ccc21. The molecule has 6 heteroatoms. The Morgan fingerprint density at radius 1 is 1.00 bits per heavy atom. The second-order valence-corrected chi connectivity index (χ2v) is 6.44. The highest BCUT2D eigenvalue weighted by Crippen LogP contribution is 2.24. The number of hydrogen-bond acceptors (Lipinski definition) is 3. The summed E-state index contributed by atoms with van der Waals surface area (Å²) in [6.45, 7) is -0.309. The highest BCUT2D eigenvalue weighted by molar-refractivity contribution is 9.10. The van der Waals surface area contributed by atoms with Crippen molar-refractivity contribution >= 4 is 59.6 Å². The van der Waals surface area contributed by atoms with Crippen molar-refractivity contribution < 1.29 is 9.90 Å². The Bertz CT molecular complexity index is 881. The van der Waals surface area contributed by atoms with E-state index in [0.29, 0.717) is 21.8 Å². The van der Waals surface area contributed by atoms with Crippen LogP contribution in [0.1, 0.15) is 0 Å². The average molecular weight is 410 g/mol. The summed E-state index contributed by atoms with van der Waals surface area (Å²) in [7, 11) is 0. The maximum atomic E-state index is 12.6. The fraction of sp³-hybridized carbons (Fsp3) is 0.0667. The van der Waals surface area contributed by atoms with Gasteiger partial charge in [-0.25, -0.2) is 0 Å². The Labute approximate surface area is 136 Å². The van der Waals surface area contributed by atoms with Gasteiger partial charge in [0.1, 0.15) is 0 Å². The second-order valence-electron chi connectivity index (χ2n) is 4.61. The van der Waals surface area contributed by atoms with Gasteiger partial charge in [0.25, 0.3) is 0 Å². The molecule has 0 saturated carbocycles. The van der Waals surface area contributed by atoms with E-state index in [4.69, 9.17) is 0 Å². The molecule has 0 aliphatic heterocycles. The van der Waals surface area contributed by atoms with Crippen molar-refractivity contribution in [3.05, 3.63) is 55.6 Å². The number of pyridine rings is 1. The Balaban J connectivity index is 2.56. The number of halogens is 2. The van der Waals surface area contributed by atoms with Gasteiger partial charge in [0.15, 0.2) is 5.43 Å². The first-order valence-electron chi connectivity index (χ1n) is 6.08. The maximum absolute atomic E-state index is 12.6. The van der Waals surface area contributed by atoms with Crippen molar-refractivity contribution in [2.24, 2.45) is 0 Å². The van der Waals surface area contributed by atoms with E-state index in [1.807, 2.05) is 0 Å². The zero-order chi connectivity index (χ0) is 15.1. The molecule has 0 radical (unpaired) electrons. The van der Waals surface area contributed by atoms with Gasteiger partial charge in [0, 0.05) is 19.7 Å². The van der Waals surface area contributed by atoms with Gasteiger partial charge in [0.05, 0.1) is 23.5 Å². The fourth-order valence-electron chi connectivity index (χ4n) is 2.43. The quantitative estimate of drug-likeness (QED) is 0.610. The van der Waals surface area contributed by atoms with E-state index in [-0.39, 0.29) is 12.0 Å². The molecule has 2 aromatic carbocycles. The van der Waals surface area contributed by atoms with Gasteiger partial charge in [0.2, 0.25) is 0 Å². The number of hydrogen-bond donors (Lipinski definition) is 0. The standard InChI is InChI=1S/C15H9Br2NO3/c16-8-1-3-12-10(5-8)15(21)11-6-9(17)2-4-13(11)18(12)7-14(19)20/h1-6H,7H2,(H,19,20)/p-1. The van der Waals surface area contributed by atoms with Crippen LogP contribution in [0.2, 0.25) is 0 Å². The van der Waals surface area contributed by atoms with E-state index >= 15 is 0 Å². The van der Waals surface area contributed by atoms with Crippen LogP contribution in [-0.4, -0.2) is 10.5 Å². The summed E-state index contributed by atoms with van der Waals surface area (Å²) in [5, 5.41) is 12.0. The normalized spacial score (nSPS) is 11.1. The van der Waals surface area contributed by atoms with E-state index < -0.39 is 5.97 Å². The summed E-state index contributed by atoms with van der Waals surface area (Å²) in [6, 6.07) is 10.4. The van der Waals surface area contributed by atoms with Crippen LogP contribution < -0.4 is 10.5 Å². The Hall–Kier alpha value is -1.66. The lowest BCUT2D eigenvalue weighted by atomic mass is 10.1. The average Bonchev–Trinajstić information content (AvgIpc) is 2.43. The number of carbonyl (C=O) groups excluding carboxylic acids is 1. The number of carboxylic acid groups (broad SMARTS) is 1. The number of aliphatic carboxylic acids is 1. The van der Waals surface area contributed by atoms with Gasteiger partial charge in [-0.2, -0.15) is 0 Å². The minimum absolute atomic E-state index is 0.128. The van der Waals surface area contributed by atoms with E-state index in [1.165, 1.54) is 0 Å². The molecule has 0 aliphatic carbocycles. The Kier molecular flexibility index (Phi) is 3.59. The van der Waals surface area contributed by atoms with Crippen molar-refractivity contribution in [1.29, 1.82) is 0 Å². The third kappa shape index (κ3) is 2.49. The molecule has 0 unspecified atom stereocenters. The lowest BCUT2D eigenvalue weighted by molar-refractivity contribution is -0.306. The third-order valence-electron chi connectivity index (χ3n) is 3.28. The van der Waals surface area contributed by atoms with Crippen LogP contribution in [0.15, 0.2) is 50.1 Å². The third-order valence-corrected chi connectivity index (χ3v) is 4.26. The lowest BCUT2D eigenvalue weighted by Crippen LogP contribution is -2.28. The summed E-state index contributed by atoms with van der Waals surface area (Å²) < 4.78 is 3.11. The van der Waals surface area contributed by atoms with Crippen molar-refractivity contribution in [3.63, 3.8) is 0 Å². The van der Waals surface area contributed by atoms with E-state index in [1.54, 1.807) is 41.0 Å². The van der Waals surface area contributed by atoms with Crippen LogP contribution in [0.5, 0.6) is 0 Å². The van der Waals surface area contributed by atoms with Crippen molar-refractivity contribution in [3.8, 4) is 0 Å². The number of carbonyl (C=O) groups is 1. The maximum Gasteiger partial charge on any atom is 0.197 e. The second kappa shape index (κ2) is 5.27. The highest BCUT2D eigenvalue weighted by atomic mass is 79.9. The highest BCUT2D eigenvalue weighted by Gasteiger charge is 2.11. The Morgan fingerprint density at radius 3 is 1.90 bits per heavy atom. The minimum atomic E-state index is -1.20. The number of carboxylic acids is 1. The molecule has 3 rings (SSSR count). The van der Waals surface area contributed by atoms with Crippen LogP contribution in [-0.2, 0) is 11.3 Å². The summed E-state index contributed by atoms with van der Waals surface area (Å²) >= 11 is 6.67. The first kappa shape index (κ1) is 14.3. The van der Waals surface area contributed by atoms with Crippen LogP contribution in [0.3, 0.4) is 0 Å². The topological polar surface area (TPSA) is 62.1 Å². The monoisotopic (exact) mass is 408 g/mol. The van der Waals surface area contributed by atoms with E-state index in [0.717, 1.165) is 8.95 Å². The predicted octanol–water partition coefficient (Wildman–Crippen LogP) is 2.43. The smallest absolute Gasteiger partial charge is 0.197 e. The number of benzene rings is 2. The van der Waals surface area contributed by atoms with Crippen LogP contribution in [0.4, 0.5) is 0 Å². The Morgan fingerprint density at radius 2 is 1.48 bits per heavy atom. The molecule has 106 valence electrons. The molecular formula is C15H8Br2NO3-. The van der Waals surface area contributed by atoms with Crippen LogP contribution in [0.25, 0.3) is 21.8 Å². The van der Waals surface area contributed by atoms with Gasteiger partial charge < -0.3 is 14.5 Å². The number of rotatable bonds is 2.